The zero-order valence-electron chi connectivity index (χ0n) is 8.11. The maximum Gasteiger partial charge on any atom is 0.407 e. The minimum Gasteiger partial charge on any atom is -0.316 e. The molecule has 0 heterocycles. The molecule has 1 rings (SSSR count). The molecule has 0 aliphatic heterocycles. The summed E-state index contributed by atoms with van der Waals surface area (Å²) < 4.78 is 50.3. The van der Waals surface area contributed by atoms with E-state index in [1.165, 1.54) is 12.1 Å². The van der Waals surface area contributed by atoms with Crippen molar-refractivity contribution < 1.29 is 17.6 Å². The first-order valence-corrected chi connectivity index (χ1v) is 4.47. The van der Waals surface area contributed by atoms with Gasteiger partial charge in [-0.1, -0.05) is 19.1 Å². The molecule has 1 aromatic carbocycles. The third-order valence-corrected chi connectivity index (χ3v) is 2.19. The van der Waals surface area contributed by atoms with Gasteiger partial charge in [-0.15, -0.1) is 0 Å². The molecule has 1 nitrogen and oxygen atoms in total. The van der Waals surface area contributed by atoms with Gasteiger partial charge >= 0.3 is 6.18 Å². The van der Waals surface area contributed by atoms with E-state index in [4.69, 9.17) is 5.73 Å². The fourth-order valence-corrected chi connectivity index (χ4v) is 1.40. The Bertz CT molecular complexity index is 346. The molecule has 0 bridgehead atoms. The molecule has 0 aliphatic carbocycles. The largest absolute Gasteiger partial charge is 0.407 e. The van der Waals surface area contributed by atoms with Crippen molar-refractivity contribution in [1.29, 1.82) is 0 Å². The highest BCUT2D eigenvalue weighted by atomic mass is 19.4. The third-order valence-electron chi connectivity index (χ3n) is 2.19. The van der Waals surface area contributed by atoms with Crippen molar-refractivity contribution in [3.8, 4) is 0 Å². The number of alkyl halides is 3. The Labute approximate surface area is 84.9 Å². The Balaban J connectivity index is 3.23. The fraction of sp³-hybridized carbons (Fsp3) is 0.400. The molecule has 5 heteroatoms. The van der Waals surface area contributed by atoms with E-state index in [1.807, 2.05) is 0 Å². The van der Waals surface area contributed by atoms with E-state index in [2.05, 4.69) is 0 Å². The van der Waals surface area contributed by atoms with Gasteiger partial charge in [0.25, 0.3) is 0 Å². The zero-order chi connectivity index (χ0) is 11.6. The Morgan fingerprint density at radius 2 is 1.93 bits per heavy atom. The molecule has 0 saturated heterocycles. The summed E-state index contributed by atoms with van der Waals surface area (Å²) in [5.74, 6) is -0.904. The highest BCUT2D eigenvalue weighted by Crippen LogP contribution is 2.33. The summed E-state index contributed by atoms with van der Waals surface area (Å²) in [4.78, 5) is 0. The second-order valence-corrected chi connectivity index (χ2v) is 3.19. The first-order chi connectivity index (χ1) is 6.88. The van der Waals surface area contributed by atoms with E-state index < -0.39 is 23.6 Å². The summed E-state index contributed by atoms with van der Waals surface area (Å²) >= 11 is 0. The van der Waals surface area contributed by atoms with Gasteiger partial charge < -0.3 is 5.73 Å². The quantitative estimate of drug-likeness (QED) is 0.763. The topological polar surface area (TPSA) is 26.0 Å². The van der Waals surface area contributed by atoms with Crippen LogP contribution in [-0.2, 0) is 6.42 Å². The maximum atomic E-state index is 13.2. The van der Waals surface area contributed by atoms with Gasteiger partial charge in [-0.3, -0.25) is 0 Å². The number of aryl methyl sites for hydroxylation is 1. The van der Waals surface area contributed by atoms with Gasteiger partial charge in [0.05, 0.1) is 0 Å². The Morgan fingerprint density at radius 3 is 2.40 bits per heavy atom. The van der Waals surface area contributed by atoms with Crippen LogP contribution in [0.25, 0.3) is 0 Å². The summed E-state index contributed by atoms with van der Waals surface area (Å²) in [7, 11) is 0. The lowest BCUT2D eigenvalue weighted by Gasteiger charge is -2.19. The van der Waals surface area contributed by atoms with E-state index in [0.717, 1.165) is 6.07 Å². The van der Waals surface area contributed by atoms with E-state index in [1.54, 1.807) is 6.92 Å². The monoisotopic (exact) mass is 221 g/mol. The van der Waals surface area contributed by atoms with Crippen molar-refractivity contribution in [2.24, 2.45) is 5.73 Å². The average Bonchev–Trinajstić information content (AvgIpc) is 2.15. The van der Waals surface area contributed by atoms with Crippen molar-refractivity contribution >= 4 is 0 Å². The summed E-state index contributed by atoms with van der Waals surface area (Å²) in [6.07, 6.45) is -4.30. The van der Waals surface area contributed by atoms with E-state index in [0.29, 0.717) is 12.0 Å². The molecule has 0 saturated carbocycles. The van der Waals surface area contributed by atoms with Crippen LogP contribution in [0, 0.1) is 5.82 Å². The standard InChI is InChI=1S/C10H11F4N/c1-2-6-4-3-5-7(11)8(6)9(15)10(12,13)14/h3-5,9H,2,15H2,1H3. The molecule has 0 spiro atoms. The lowest BCUT2D eigenvalue weighted by molar-refractivity contribution is -0.149. The highest BCUT2D eigenvalue weighted by molar-refractivity contribution is 5.32. The summed E-state index contributed by atoms with van der Waals surface area (Å²) in [6.45, 7) is 1.65. The van der Waals surface area contributed by atoms with Gasteiger partial charge in [0.2, 0.25) is 0 Å². The molecule has 2 N–H and O–H groups in total. The maximum absolute atomic E-state index is 13.2. The van der Waals surface area contributed by atoms with Crippen LogP contribution >= 0.6 is 0 Å². The van der Waals surface area contributed by atoms with Gasteiger partial charge in [-0.05, 0) is 18.1 Å². The van der Waals surface area contributed by atoms with Crippen LogP contribution in [0.5, 0.6) is 0 Å². The molecule has 1 aromatic rings. The molecule has 1 atom stereocenters. The summed E-state index contributed by atoms with van der Waals surface area (Å²) in [5, 5.41) is 0. The van der Waals surface area contributed by atoms with Gasteiger partial charge in [-0.2, -0.15) is 13.2 Å². The Kier molecular flexibility index (Phi) is 3.34. The van der Waals surface area contributed by atoms with Crippen LogP contribution in [-0.4, -0.2) is 6.18 Å². The number of nitrogens with two attached hydrogens (primary N) is 1. The van der Waals surface area contributed by atoms with Crippen LogP contribution in [0.3, 0.4) is 0 Å². The fourth-order valence-electron chi connectivity index (χ4n) is 1.40. The minimum absolute atomic E-state index is 0.292. The molecule has 0 aromatic heterocycles. The second kappa shape index (κ2) is 4.18. The summed E-state index contributed by atoms with van der Waals surface area (Å²) in [6, 6.07) is 1.55. The first-order valence-electron chi connectivity index (χ1n) is 4.47. The molecule has 84 valence electrons. The molecule has 0 radical (unpaired) electrons. The number of hydrogen-bond donors (Lipinski definition) is 1. The number of benzene rings is 1. The molecule has 0 amide bonds. The van der Waals surface area contributed by atoms with Crippen LogP contribution in [0.4, 0.5) is 17.6 Å². The SMILES string of the molecule is CCc1cccc(F)c1C(N)C(F)(F)F. The highest BCUT2D eigenvalue weighted by Gasteiger charge is 2.40. The second-order valence-electron chi connectivity index (χ2n) is 3.19. The van der Waals surface area contributed by atoms with E-state index in [9.17, 15) is 17.6 Å². The molecule has 0 aliphatic rings. The average molecular weight is 221 g/mol. The molecule has 0 fully saturated rings. The van der Waals surface area contributed by atoms with Crippen molar-refractivity contribution in [2.75, 3.05) is 0 Å². The molecular weight excluding hydrogens is 210 g/mol. The minimum atomic E-state index is -4.62. The third kappa shape index (κ3) is 2.47. The predicted molar refractivity (Wildman–Crippen MR) is 48.8 cm³/mol. The molecule has 1 unspecified atom stereocenters. The number of hydrogen-bond acceptors (Lipinski definition) is 1. The summed E-state index contributed by atoms with van der Waals surface area (Å²) in [5.41, 5.74) is 4.82. The Hall–Kier alpha value is -1.10. The van der Waals surface area contributed by atoms with Gasteiger partial charge in [0, 0.05) is 5.56 Å². The van der Waals surface area contributed by atoms with Gasteiger partial charge in [0.15, 0.2) is 0 Å². The van der Waals surface area contributed by atoms with E-state index in [-0.39, 0.29) is 0 Å². The van der Waals surface area contributed by atoms with Crippen LogP contribution < -0.4 is 5.73 Å². The first kappa shape index (κ1) is 12.0. The normalized spacial score (nSPS) is 14.0. The number of rotatable bonds is 2. The van der Waals surface area contributed by atoms with Crippen LogP contribution in [0.1, 0.15) is 24.1 Å². The van der Waals surface area contributed by atoms with Crippen molar-refractivity contribution in [3.63, 3.8) is 0 Å². The lowest BCUT2D eigenvalue weighted by atomic mass is 9.98. The van der Waals surface area contributed by atoms with Crippen LogP contribution in [0.2, 0.25) is 0 Å². The predicted octanol–water partition coefficient (Wildman–Crippen LogP) is 2.95. The smallest absolute Gasteiger partial charge is 0.316 e. The Morgan fingerprint density at radius 1 is 1.33 bits per heavy atom. The zero-order valence-corrected chi connectivity index (χ0v) is 8.11. The molecule has 15 heavy (non-hydrogen) atoms. The number of halogens is 4. The van der Waals surface area contributed by atoms with Crippen LogP contribution in [0.15, 0.2) is 18.2 Å². The van der Waals surface area contributed by atoms with E-state index >= 15 is 0 Å². The molecular formula is C10H11F4N. The van der Waals surface area contributed by atoms with Crippen molar-refractivity contribution in [2.45, 2.75) is 25.6 Å². The van der Waals surface area contributed by atoms with Gasteiger partial charge in [-0.25, -0.2) is 4.39 Å². The van der Waals surface area contributed by atoms with Gasteiger partial charge in [0.1, 0.15) is 11.9 Å². The lowest BCUT2D eigenvalue weighted by Crippen LogP contribution is -2.30. The van der Waals surface area contributed by atoms with Crippen molar-refractivity contribution in [1.82, 2.24) is 0 Å². The van der Waals surface area contributed by atoms with Crippen molar-refractivity contribution in [3.05, 3.63) is 35.1 Å².